The van der Waals surface area contributed by atoms with Gasteiger partial charge in [-0.25, -0.2) is 0 Å². The van der Waals surface area contributed by atoms with Crippen molar-refractivity contribution in [1.29, 1.82) is 0 Å². The van der Waals surface area contributed by atoms with Gasteiger partial charge in [0, 0.05) is 17.2 Å². The lowest BCUT2D eigenvalue weighted by Gasteiger charge is -2.33. The number of hydrogen-bond donors (Lipinski definition) is 1. The highest BCUT2D eigenvalue weighted by Gasteiger charge is 2.23. The van der Waals surface area contributed by atoms with Crippen molar-refractivity contribution < 1.29 is 0 Å². The number of rotatable bonds is 2. The van der Waals surface area contributed by atoms with Gasteiger partial charge < -0.3 is 5.32 Å². The molecule has 0 bridgehead atoms. The first kappa shape index (κ1) is 12.5. The fourth-order valence-corrected chi connectivity index (χ4v) is 0.694. The molecule has 0 aliphatic heterocycles. The Morgan fingerprint density at radius 1 is 1.08 bits per heavy atom. The molecule has 0 heterocycles. The normalized spacial score (nSPS) is 15.3. The van der Waals surface area contributed by atoms with Gasteiger partial charge in [0.05, 0.1) is 0 Å². The van der Waals surface area contributed by atoms with E-state index in [9.17, 15) is 0 Å². The van der Waals surface area contributed by atoms with Crippen LogP contribution in [-0.4, -0.2) is 6.04 Å². The first-order chi connectivity index (χ1) is 5.55. The number of allylic oxidation sites excluding steroid dienone is 1. The molecule has 1 atom stereocenters. The predicted octanol–water partition coefficient (Wildman–Crippen LogP) is 3.57. The fraction of sp³-hybridized carbons (Fsp3) is 0.833. The average Bonchev–Trinajstić information content (AvgIpc) is 1.82. The van der Waals surface area contributed by atoms with Gasteiger partial charge in [0.25, 0.3) is 0 Å². The Hall–Kier alpha value is -0.460. The van der Waals surface area contributed by atoms with Crippen molar-refractivity contribution in [3.8, 4) is 0 Å². The minimum Gasteiger partial charge on any atom is -0.385 e. The quantitative estimate of drug-likeness (QED) is 0.690. The average molecular weight is 183 g/mol. The molecule has 1 nitrogen and oxygen atoms in total. The van der Waals surface area contributed by atoms with Crippen LogP contribution in [0.25, 0.3) is 0 Å². The van der Waals surface area contributed by atoms with Crippen molar-refractivity contribution in [1.82, 2.24) is 5.32 Å². The summed E-state index contributed by atoms with van der Waals surface area (Å²) >= 11 is 0. The monoisotopic (exact) mass is 183 g/mol. The summed E-state index contributed by atoms with van der Waals surface area (Å²) in [4.78, 5) is 0. The second kappa shape index (κ2) is 3.73. The van der Waals surface area contributed by atoms with Crippen LogP contribution >= 0.6 is 0 Å². The summed E-state index contributed by atoms with van der Waals surface area (Å²) in [6, 6.07) is 0.458. The number of hydrogen-bond acceptors (Lipinski definition) is 1. The van der Waals surface area contributed by atoms with E-state index in [1.54, 1.807) is 0 Å². The molecule has 0 saturated carbocycles. The molecule has 0 amide bonds. The molecule has 13 heavy (non-hydrogen) atoms. The minimum absolute atomic E-state index is 0.152. The van der Waals surface area contributed by atoms with Gasteiger partial charge in [-0.05, 0) is 12.3 Å². The molecule has 0 aromatic rings. The molecule has 78 valence electrons. The molecule has 0 aromatic heterocycles. The van der Waals surface area contributed by atoms with Gasteiger partial charge in [0.1, 0.15) is 0 Å². The number of nitrogens with one attached hydrogen (secondary N) is 1. The van der Waals surface area contributed by atoms with Crippen molar-refractivity contribution in [2.45, 2.75) is 54.5 Å². The Bertz CT molecular complexity index is 178. The third-order valence-electron chi connectivity index (χ3n) is 2.60. The summed E-state index contributed by atoms with van der Waals surface area (Å²) in [6.45, 7) is 19.5. The highest BCUT2D eigenvalue weighted by molar-refractivity contribution is 5.04. The molecule has 0 saturated heterocycles. The minimum atomic E-state index is 0.152. The molecule has 1 heteroatoms. The first-order valence-corrected chi connectivity index (χ1v) is 5.01. The SMILES string of the molecule is C=C(NC(C)C(C)(C)C)C(C)(C)C. The summed E-state index contributed by atoms with van der Waals surface area (Å²) in [5, 5.41) is 3.47. The van der Waals surface area contributed by atoms with Gasteiger partial charge >= 0.3 is 0 Å². The van der Waals surface area contributed by atoms with E-state index in [2.05, 4.69) is 60.4 Å². The molecule has 1 N–H and O–H groups in total. The van der Waals surface area contributed by atoms with Crippen molar-refractivity contribution in [2.24, 2.45) is 10.8 Å². The van der Waals surface area contributed by atoms with E-state index in [1.165, 1.54) is 0 Å². The van der Waals surface area contributed by atoms with Crippen LogP contribution in [0.3, 0.4) is 0 Å². The largest absolute Gasteiger partial charge is 0.385 e. The highest BCUT2D eigenvalue weighted by atomic mass is 14.9. The van der Waals surface area contributed by atoms with E-state index < -0.39 is 0 Å². The lowest BCUT2D eigenvalue weighted by molar-refractivity contribution is 0.284. The van der Waals surface area contributed by atoms with E-state index in [1.807, 2.05) is 0 Å². The predicted molar refractivity (Wildman–Crippen MR) is 60.6 cm³/mol. The topological polar surface area (TPSA) is 12.0 Å². The van der Waals surface area contributed by atoms with Gasteiger partial charge in [0.2, 0.25) is 0 Å². The lowest BCUT2D eigenvalue weighted by Crippen LogP contribution is -2.39. The fourth-order valence-electron chi connectivity index (χ4n) is 0.694. The van der Waals surface area contributed by atoms with Gasteiger partial charge in [-0.3, -0.25) is 0 Å². The first-order valence-electron chi connectivity index (χ1n) is 5.01. The third kappa shape index (κ3) is 4.35. The molecule has 0 radical (unpaired) electrons. The van der Waals surface area contributed by atoms with Crippen molar-refractivity contribution in [2.75, 3.05) is 0 Å². The Morgan fingerprint density at radius 3 is 1.69 bits per heavy atom. The summed E-state index contributed by atoms with van der Waals surface area (Å²) in [5.41, 5.74) is 1.56. The second-order valence-corrected chi connectivity index (χ2v) is 5.96. The van der Waals surface area contributed by atoms with Crippen molar-refractivity contribution in [3.05, 3.63) is 12.3 Å². The second-order valence-electron chi connectivity index (χ2n) is 5.96. The van der Waals surface area contributed by atoms with E-state index in [0.717, 1.165) is 5.70 Å². The standard InChI is InChI=1S/C12H25N/c1-9(11(3,4)5)13-10(2)12(6,7)8/h10,13H,1H2,2-8H3. The van der Waals surface area contributed by atoms with Crippen LogP contribution in [0.1, 0.15) is 48.5 Å². The van der Waals surface area contributed by atoms with Gasteiger partial charge in [-0.15, -0.1) is 0 Å². The lowest BCUT2D eigenvalue weighted by atomic mass is 9.85. The van der Waals surface area contributed by atoms with Gasteiger partial charge in [-0.1, -0.05) is 48.1 Å². The van der Waals surface area contributed by atoms with Crippen molar-refractivity contribution in [3.63, 3.8) is 0 Å². The van der Waals surface area contributed by atoms with Crippen LogP contribution in [0.2, 0.25) is 0 Å². The van der Waals surface area contributed by atoms with Gasteiger partial charge in [0.15, 0.2) is 0 Å². The maximum atomic E-state index is 4.07. The highest BCUT2D eigenvalue weighted by Crippen LogP contribution is 2.25. The third-order valence-corrected chi connectivity index (χ3v) is 2.60. The van der Waals surface area contributed by atoms with E-state index in [0.29, 0.717) is 6.04 Å². The maximum absolute atomic E-state index is 4.07. The van der Waals surface area contributed by atoms with Crippen LogP contribution in [0.5, 0.6) is 0 Å². The van der Waals surface area contributed by atoms with E-state index >= 15 is 0 Å². The van der Waals surface area contributed by atoms with Crippen LogP contribution < -0.4 is 5.32 Å². The zero-order valence-corrected chi connectivity index (χ0v) is 10.3. The summed E-state index contributed by atoms with van der Waals surface area (Å²) < 4.78 is 0. The Labute approximate surface area is 83.6 Å². The summed E-state index contributed by atoms with van der Waals surface area (Å²) in [5.74, 6) is 0. The van der Waals surface area contributed by atoms with E-state index in [-0.39, 0.29) is 10.8 Å². The Morgan fingerprint density at radius 2 is 1.46 bits per heavy atom. The van der Waals surface area contributed by atoms with Gasteiger partial charge in [-0.2, -0.15) is 0 Å². The molecule has 0 fully saturated rings. The smallest absolute Gasteiger partial charge is 0.0278 e. The Balaban J connectivity index is 4.24. The van der Waals surface area contributed by atoms with Crippen LogP contribution in [-0.2, 0) is 0 Å². The Kier molecular flexibility index (Phi) is 3.60. The molecule has 0 aliphatic carbocycles. The molecule has 1 unspecified atom stereocenters. The molecule has 0 aromatic carbocycles. The van der Waals surface area contributed by atoms with Crippen LogP contribution in [0.15, 0.2) is 12.3 Å². The van der Waals surface area contributed by atoms with Crippen molar-refractivity contribution >= 4 is 0 Å². The molecule has 0 aliphatic rings. The zero-order chi connectivity index (χ0) is 10.9. The molecular formula is C12H25N. The molecule has 0 rings (SSSR count). The zero-order valence-electron chi connectivity index (χ0n) is 10.3. The summed E-state index contributed by atoms with van der Waals surface area (Å²) in [6.07, 6.45) is 0. The summed E-state index contributed by atoms with van der Waals surface area (Å²) in [7, 11) is 0. The molecular weight excluding hydrogens is 158 g/mol. The van der Waals surface area contributed by atoms with Crippen LogP contribution in [0.4, 0.5) is 0 Å². The molecule has 0 spiro atoms. The van der Waals surface area contributed by atoms with Crippen LogP contribution in [0, 0.1) is 10.8 Å². The maximum Gasteiger partial charge on any atom is 0.0278 e. The van der Waals surface area contributed by atoms with E-state index in [4.69, 9.17) is 0 Å².